The van der Waals surface area contributed by atoms with Gasteiger partial charge in [-0.3, -0.25) is 4.79 Å². The summed E-state index contributed by atoms with van der Waals surface area (Å²) < 4.78 is 0. The van der Waals surface area contributed by atoms with Crippen molar-refractivity contribution in [3.05, 3.63) is 0 Å². The van der Waals surface area contributed by atoms with Gasteiger partial charge < -0.3 is 10.2 Å². The highest BCUT2D eigenvalue weighted by molar-refractivity contribution is 5.67. The van der Waals surface area contributed by atoms with Gasteiger partial charge in [-0.05, 0) is 13.8 Å². The zero-order valence-electron chi connectivity index (χ0n) is 6.72. The van der Waals surface area contributed by atoms with Gasteiger partial charge in [0.25, 0.3) is 0 Å². The van der Waals surface area contributed by atoms with Crippen molar-refractivity contribution in [1.82, 2.24) is 0 Å². The van der Waals surface area contributed by atoms with E-state index in [0.29, 0.717) is 6.42 Å². The first-order valence-electron chi connectivity index (χ1n) is 3.36. The monoisotopic (exact) mass is 156 g/mol. The number of carbonyl (C=O) groups is 1. The second kappa shape index (κ2) is 3.99. The number of hydrogen-bond donors (Lipinski definition) is 2. The van der Waals surface area contributed by atoms with E-state index in [9.17, 15) is 4.79 Å². The van der Waals surface area contributed by atoms with E-state index < -0.39 is 11.6 Å². The molecule has 0 rings (SSSR count). The second-order valence-electron chi connectivity index (χ2n) is 2.75. The molecular weight excluding hydrogens is 144 g/mol. The van der Waals surface area contributed by atoms with Crippen LogP contribution in [0.4, 0.5) is 0 Å². The zero-order valence-corrected chi connectivity index (χ0v) is 6.72. The van der Waals surface area contributed by atoms with Gasteiger partial charge in [-0.1, -0.05) is 11.8 Å². The summed E-state index contributed by atoms with van der Waals surface area (Å²) >= 11 is 0. The Labute approximate surface area is 66.0 Å². The lowest BCUT2D eigenvalue weighted by atomic mass is 10.1. The van der Waals surface area contributed by atoms with Crippen molar-refractivity contribution in [2.75, 3.05) is 0 Å². The van der Waals surface area contributed by atoms with Crippen molar-refractivity contribution in [2.45, 2.75) is 32.3 Å². The van der Waals surface area contributed by atoms with Gasteiger partial charge in [0.05, 0.1) is 6.42 Å². The van der Waals surface area contributed by atoms with E-state index in [0.717, 1.165) is 0 Å². The molecule has 0 aromatic rings. The number of aliphatic hydroxyl groups is 1. The van der Waals surface area contributed by atoms with Crippen LogP contribution in [0.1, 0.15) is 26.7 Å². The SMILES string of the molecule is CC(C)(O)C#CCCC(=O)O. The molecule has 0 fully saturated rings. The highest BCUT2D eigenvalue weighted by Gasteiger charge is 2.05. The molecule has 0 aliphatic rings. The summed E-state index contributed by atoms with van der Waals surface area (Å²) in [6.45, 7) is 3.11. The molecule has 3 heteroatoms. The minimum Gasteiger partial charge on any atom is -0.481 e. The lowest BCUT2D eigenvalue weighted by Gasteiger charge is -2.05. The summed E-state index contributed by atoms with van der Waals surface area (Å²) in [6, 6.07) is 0. The largest absolute Gasteiger partial charge is 0.481 e. The number of rotatable bonds is 2. The van der Waals surface area contributed by atoms with E-state index in [2.05, 4.69) is 11.8 Å². The molecule has 0 heterocycles. The molecule has 3 nitrogen and oxygen atoms in total. The maximum absolute atomic E-state index is 9.99. The Morgan fingerprint density at radius 2 is 2.09 bits per heavy atom. The zero-order chi connectivity index (χ0) is 8.91. The summed E-state index contributed by atoms with van der Waals surface area (Å²) in [5.74, 6) is 4.23. The summed E-state index contributed by atoms with van der Waals surface area (Å²) in [7, 11) is 0. The van der Waals surface area contributed by atoms with E-state index in [1.165, 1.54) is 0 Å². The Balaban J connectivity index is 3.66. The molecule has 0 amide bonds. The fourth-order valence-corrected chi connectivity index (χ4v) is 0.448. The van der Waals surface area contributed by atoms with Crippen LogP contribution in [0.5, 0.6) is 0 Å². The third-order valence-electron chi connectivity index (χ3n) is 0.858. The van der Waals surface area contributed by atoms with E-state index in [4.69, 9.17) is 10.2 Å². The molecule has 0 spiro atoms. The van der Waals surface area contributed by atoms with Crippen molar-refractivity contribution in [3.63, 3.8) is 0 Å². The summed E-state index contributed by atoms with van der Waals surface area (Å²) in [5.41, 5.74) is -1.02. The van der Waals surface area contributed by atoms with Gasteiger partial charge in [-0.15, -0.1) is 0 Å². The van der Waals surface area contributed by atoms with Crippen LogP contribution in [0, 0.1) is 11.8 Å². The normalized spacial score (nSPS) is 10.1. The summed E-state index contributed by atoms with van der Waals surface area (Å²) in [5, 5.41) is 17.3. The first kappa shape index (κ1) is 9.99. The lowest BCUT2D eigenvalue weighted by Crippen LogP contribution is -2.14. The molecule has 0 unspecified atom stereocenters. The molecule has 11 heavy (non-hydrogen) atoms. The minimum atomic E-state index is -1.02. The highest BCUT2D eigenvalue weighted by Crippen LogP contribution is 1.97. The number of carboxylic acids is 1. The van der Waals surface area contributed by atoms with Gasteiger partial charge in [-0.25, -0.2) is 0 Å². The molecule has 0 bridgehead atoms. The lowest BCUT2D eigenvalue weighted by molar-refractivity contribution is -0.136. The first-order valence-corrected chi connectivity index (χ1v) is 3.36. The van der Waals surface area contributed by atoms with E-state index >= 15 is 0 Å². The van der Waals surface area contributed by atoms with Crippen LogP contribution in [0.15, 0.2) is 0 Å². The number of aliphatic carboxylic acids is 1. The highest BCUT2D eigenvalue weighted by atomic mass is 16.4. The molecule has 2 N–H and O–H groups in total. The van der Waals surface area contributed by atoms with Crippen molar-refractivity contribution in [1.29, 1.82) is 0 Å². The smallest absolute Gasteiger partial charge is 0.304 e. The molecule has 0 saturated heterocycles. The number of hydrogen-bond acceptors (Lipinski definition) is 2. The molecule has 0 aromatic carbocycles. The van der Waals surface area contributed by atoms with Gasteiger partial charge in [0.2, 0.25) is 0 Å². The quantitative estimate of drug-likeness (QED) is 0.576. The first-order chi connectivity index (χ1) is 4.92. The molecule has 0 atom stereocenters. The Bertz CT molecular complexity index is 190. The summed E-state index contributed by atoms with van der Waals surface area (Å²) in [4.78, 5) is 9.99. The van der Waals surface area contributed by atoms with Crippen LogP contribution >= 0.6 is 0 Å². The summed E-state index contributed by atoms with van der Waals surface area (Å²) in [6.07, 6.45) is 0.322. The fraction of sp³-hybridized carbons (Fsp3) is 0.625. The molecule has 0 aromatic heterocycles. The Morgan fingerprint density at radius 3 is 2.45 bits per heavy atom. The molecular formula is C8H12O3. The number of carboxylic acid groups (broad SMARTS) is 1. The van der Waals surface area contributed by atoms with Gasteiger partial charge in [0.1, 0.15) is 5.60 Å². The third kappa shape index (κ3) is 8.99. The fourth-order valence-electron chi connectivity index (χ4n) is 0.448. The molecule has 0 aliphatic heterocycles. The van der Waals surface area contributed by atoms with Crippen LogP contribution in [0.25, 0.3) is 0 Å². The Hall–Kier alpha value is -1.01. The predicted molar refractivity (Wildman–Crippen MR) is 40.9 cm³/mol. The standard InChI is InChI=1S/C8H12O3/c1-8(2,11)6-4-3-5-7(9)10/h11H,3,5H2,1-2H3,(H,9,10). The molecule has 0 radical (unpaired) electrons. The van der Waals surface area contributed by atoms with Crippen LogP contribution in [0.2, 0.25) is 0 Å². The van der Waals surface area contributed by atoms with Crippen molar-refractivity contribution >= 4 is 5.97 Å². The maximum Gasteiger partial charge on any atom is 0.304 e. The Morgan fingerprint density at radius 1 is 1.55 bits per heavy atom. The van der Waals surface area contributed by atoms with E-state index in [-0.39, 0.29) is 6.42 Å². The maximum atomic E-state index is 9.99. The minimum absolute atomic E-state index is 0.0308. The van der Waals surface area contributed by atoms with Crippen LogP contribution < -0.4 is 0 Å². The van der Waals surface area contributed by atoms with Crippen LogP contribution in [-0.4, -0.2) is 21.8 Å². The molecule has 0 aliphatic carbocycles. The third-order valence-corrected chi connectivity index (χ3v) is 0.858. The second-order valence-corrected chi connectivity index (χ2v) is 2.75. The predicted octanol–water partition coefficient (Wildman–Crippen LogP) is 0.625. The van der Waals surface area contributed by atoms with Crippen LogP contribution in [-0.2, 0) is 4.79 Å². The van der Waals surface area contributed by atoms with Gasteiger partial charge >= 0.3 is 5.97 Å². The Kier molecular flexibility index (Phi) is 3.63. The topological polar surface area (TPSA) is 57.5 Å². The van der Waals surface area contributed by atoms with Crippen molar-refractivity contribution in [3.8, 4) is 11.8 Å². The molecule has 62 valence electrons. The van der Waals surface area contributed by atoms with E-state index in [1.54, 1.807) is 13.8 Å². The average Bonchev–Trinajstić information content (AvgIpc) is 1.78. The average molecular weight is 156 g/mol. The van der Waals surface area contributed by atoms with Gasteiger partial charge in [0, 0.05) is 6.42 Å². The molecule has 0 saturated carbocycles. The van der Waals surface area contributed by atoms with Gasteiger partial charge in [-0.2, -0.15) is 0 Å². The van der Waals surface area contributed by atoms with Crippen molar-refractivity contribution < 1.29 is 15.0 Å². The van der Waals surface area contributed by atoms with Crippen LogP contribution in [0.3, 0.4) is 0 Å². The van der Waals surface area contributed by atoms with E-state index in [1.807, 2.05) is 0 Å². The van der Waals surface area contributed by atoms with Crippen molar-refractivity contribution in [2.24, 2.45) is 0 Å². The van der Waals surface area contributed by atoms with Gasteiger partial charge in [0.15, 0.2) is 0 Å².